The van der Waals surface area contributed by atoms with Gasteiger partial charge in [0.25, 0.3) is 0 Å². The lowest BCUT2D eigenvalue weighted by molar-refractivity contribution is 0.176. The summed E-state index contributed by atoms with van der Waals surface area (Å²) in [4.78, 5) is 7.35. The van der Waals surface area contributed by atoms with Crippen LogP contribution in [0.15, 0.2) is 24.3 Å². The highest BCUT2D eigenvalue weighted by molar-refractivity contribution is 5.46. The summed E-state index contributed by atoms with van der Waals surface area (Å²) in [7, 11) is 0. The smallest absolute Gasteiger partial charge is 0.141 e. The number of anilines is 1. The van der Waals surface area contributed by atoms with Crippen LogP contribution in [0.4, 0.5) is 10.2 Å². The van der Waals surface area contributed by atoms with E-state index < -0.39 is 0 Å². The number of aryl methyl sites for hydroxylation is 2. The van der Waals surface area contributed by atoms with Crippen LogP contribution in [0.1, 0.15) is 47.8 Å². The van der Waals surface area contributed by atoms with Gasteiger partial charge in [0.05, 0.1) is 5.69 Å². The number of halogens is 1. The molecule has 0 radical (unpaired) electrons. The summed E-state index contributed by atoms with van der Waals surface area (Å²) in [5, 5.41) is 3.39. The zero-order valence-electron chi connectivity index (χ0n) is 15.6. The van der Waals surface area contributed by atoms with Gasteiger partial charge in [0.2, 0.25) is 0 Å². The number of hydrogen-bond acceptors (Lipinski definition) is 4. The first-order valence-electron chi connectivity index (χ1n) is 10.2. The van der Waals surface area contributed by atoms with Crippen LogP contribution < -0.4 is 15.0 Å². The predicted octanol–water partition coefficient (Wildman–Crippen LogP) is 3.58. The maximum atomic E-state index is 14.1. The average molecular weight is 367 g/mol. The minimum atomic E-state index is -0.191. The molecule has 2 heterocycles. The van der Waals surface area contributed by atoms with Gasteiger partial charge < -0.3 is 15.0 Å². The van der Waals surface area contributed by atoms with E-state index in [1.165, 1.54) is 11.1 Å². The highest BCUT2D eigenvalue weighted by atomic mass is 19.1. The SMILES string of the molecule is Fc1cc2c(c(O[C@H]3CCCc4ccc(N5CCNCC5)nc43)c1)CCC2. The van der Waals surface area contributed by atoms with Gasteiger partial charge in [-0.3, -0.25) is 0 Å². The highest BCUT2D eigenvalue weighted by Gasteiger charge is 2.27. The van der Waals surface area contributed by atoms with E-state index in [4.69, 9.17) is 9.72 Å². The summed E-state index contributed by atoms with van der Waals surface area (Å²) in [5.41, 5.74) is 4.64. The normalized spacial score (nSPS) is 21.7. The lowest BCUT2D eigenvalue weighted by Gasteiger charge is -2.31. The van der Waals surface area contributed by atoms with Gasteiger partial charge in [-0.15, -0.1) is 0 Å². The standard InChI is InChI=1S/C22H26FN3O/c23-17-13-16-4-1-5-18(16)20(14-17)27-19-6-2-3-15-7-8-21(25-22(15)19)26-11-9-24-10-12-26/h7-8,13-14,19,24H,1-6,9-12H2/t19-/m0/s1. The van der Waals surface area contributed by atoms with Gasteiger partial charge in [0.15, 0.2) is 0 Å². The van der Waals surface area contributed by atoms with Crippen LogP contribution in [0, 0.1) is 5.82 Å². The van der Waals surface area contributed by atoms with E-state index in [0.717, 1.165) is 87.5 Å². The Balaban J connectivity index is 1.46. The molecule has 1 aromatic heterocycles. The molecule has 1 saturated heterocycles. The van der Waals surface area contributed by atoms with E-state index in [-0.39, 0.29) is 11.9 Å². The number of fused-ring (bicyclic) bond motifs is 2. The average Bonchev–Trinajstić information content (AvgIpc) is 3.17. The van der Waals surface area contributed by atoms with Gasteiger partial charge >= 0.3 is 0 Å². The third kappa shape index (κ3) is 3.29. The molecule has 5 heteroatoms. The van der Waals surface area contributed by atoms with Crippen molar-refractivity contribution in [3.8, 4) is 5.75 Å². The maximum absolute atomic E-state index is 14.1. The Kier molecular flexibility index (Phi) is 4.48. The summed E-state index contributed by atoms with van der Waals surface area (Å²) in [6.45, 7) is 3.95. The van der Waals surface area contributed by atoms with Gasteiger partial charge in [0, 0.05) is 32.2 Å². The van der Waals surface area contributed by atoms with E-state index >= 15 is 0 Å². The van der Waals surface area contributed by atoms with E-state index in [0.29, 0.717) is 0 Å². The molecule has 2 aliphatic carbocycles. The molecule has 0 spiro atoms. The van der Waals surface area contributed by atoms with Crippen LogP contribution in [0.25, 0.3) is 0 Å². The number of hydrogen-bond donors (Lipinski definition) is 1. The third-order valence-electron chi connectivity index (χ3n) is 6.06. The van der Waals surface area contributed by atoms with Gasteiger partial charge in [-0.2, -0.15) is 0 Å². The van der Waals surface area contributed by atoms with Crippen molar-refractivity contribution in [3.05, 3.63) is 52.5 Å². The molecule has 0 amide bonds. The monoisotopic (exact) mass is 367 g/mol. The molecule has 2 aromatic rings. The quantitative estimate of drug-likeness (QED) is 0.900. The van der Waals surface area contributed by atoms with E-state index in [2.05, 4.69) is 22.3 Å². The second-order valence-electron chi connectivity index (χ2n) is 7.84. The molecule has 0 bridgehead atoms. The Bertz CT molecular complexity index is 848. The molecule has 5 rings (SSSR count). The summed E-state index contributed by atoms with van der Waals surface area (Å²) in [6, 6.07) is 7.60. The molecule has 0 saturated carbocycles. The topological polar surface area (TPSA) is 37.4 Å². The predicted molar refractivity (Wildman–Crippen MR) is 104 cm³/mol. The minimum absolute atomic E-state index is 0.0804. The van der Waals surface area contributed by atoms with E-state index in [9.17, 15) is 4.39 Å². The Morgan fingerprint density at radius 3 is 2.78 bits per heavy atom. The van der Waals surface area contributed by atoms with Gasteiger partial charge in [-0.25, -0.2) is 9.37 Å². The molecular weight excluding hydrogens is 341 g/mol. The molecule has 27 heavy (non-hydrogen) atoms. The lowest BCUT2D eigenvalue weighted by atomic mass is 9.93. The number of piperazine rings is 1. The first-order chi connectivity index (χ1) is 13.3. The second kappa shape index (κ2) is 7.12. The van der Waals surface area contributed by atoms with Crippen molar-refractivity contribution in [2.75, 3.05) is 31.1 Å². The fourth-order valence-corrected chi connectivity index (χ4v) is 4.67. The molecule has 1 fully saturated rings. The van der Waals surface area contributed by atoms with E-state index in [1.807, 2.05) is 0 Å². The fourth-order valence-electron chi connectivity index (χ4n) is 4.67. The molecule has 4 nitrogen and oxygen atoms in total. The first-order valence-corrected chi connectivity index (χ1v) is 10.2. The highest BCUT2D eigenvalue weighted by Crippen LogP contribution is 2.38. The first kappa shape index (κ1) is 17.0. The third-order valence-corrected chi connectivity index (χ3v) is 6.06. The summed E-state index contributed by atoms with van der Waals surface area (Å²) in [6.07, 6.45) is 6.02. The lowest BCUT2D eigenvalue weighted by Crippen LogP contribution is -2.44. The number of ether oxygens (including phenoxy) is 1. The number of rotatable bonds is 3. The molecular formula is C22H26FN3O. The summed E-state index contributed by atoms with van der Waals surface area (Å²) in [5.74, 6) is 1.58. The Hall–Kier alpha value is -2.14. The maximum Gasteiger partial charge on any atom is 0.141 e. The zero-order chi connectivity index (χ0) is 18.2. The molecule has 1 aliphatic heterocycles. The second-order valence-corrected chi connectivity index (χ2v) is 7.84. The van der Waals surface area contributed by atoms with Crippen molar-refractivity contribution < 1.29 is 9.13 Å². The van der Waals surface area contributed by atoms with Crippen molar-refractivity contribution in [1.82, 2.24) is 10.3 Å². The Morgan fingerprint density at radius 2 is 1.89 bits per heavy atom. The van der Waals surface area contributed by atoms with Gasteiger partial charge in [-0.1, -0.05) is 6.07 Å². The van der Waals surface area contributed by atoms with Crippen molar-refractivity contribution in [3.63, 3.8) is 0 Å². The van der Waals surface area contributed by atoms with Gasteiger partial charge in [0.1, 0.15) is 23.5 Å². The molecule has 3 aliphatic rings. The molecule has 142 valence electrons. The van der Waals surface area contributed by atoms with Gasteiger partial charge in [-0.05, 0) is 67.3 Å². The van der Waals surface area contributed by atoms with Crippen LogP contribution in [0.3, 0.4) is 0 Å². The fraction of sp³-hybridized carbons (Fsp3) is 0.500. The van der Waals surface area contributed by atoms with Crippen molar-refractivity contribution in [2.45, 2.75) is 44.6 Å². The number of aromatic nitrogens is 1. The number of nitrogens with zero attached hydrogens (tertiary/aromatic N) is 2. The Labute approximate surface area is 159 Å². The van der Waals surface area contributed by atoms with Crippen molar-refractivity contribution >= 4 is 5.82 Å². The van der Waals surface area contributed by atoms with Crippen molar-refractivity contribution in [1.29, 1.82) is 0 Å². The van der Waals surface area contributed by atoms with Crippen LogP contribution in [-0.2, 0) is 19.3 Å². The number of nitrogens with one attached hydrogen (secondary N) is 1. The largest absolute Gasteiger partial charge is 0.484 e. The van der Waals surface area contributed by atoms with Crippen LogP contribution in [0.5, 0.6) is 5.75 Å². The zero-order valence-corrected chi connectivity index (χ0v) is 15.6. The van der Waals surface area contributed by atoms with Crippen LogP contribution in [0.2, 0.25) is 0 Å². The van der Waals surface area contributed by atoms with Crippen LogP contribution in [-0.4, -0.2) is 31.2 Å². The molecule has 1 aromatic carbocycles. The number of pyridine rings is 1. The molecule has 1 atom stereocenters. The minimum Gasteiger partial charge on any atom is -0.484 e. The summed E-state index contributed by atoms with van der Waals surface area (Å²) < 4.78 is 20.5. The Morgan fingerprint density at radius 1 is 1.04 bits per heavy atom. The van der Waals surface area contributed by atoms with Crippen LogP contribution >= 0.6 is 0 Å². The van der Waals surface area contributed by atoms with E-state index in [1.54, 1.807) is 12.1 Å². The molecule has 1 N–H and O–H groups in total. The number of benzene rings is 1. The van der Waals surface area contributed by atoms with Crippen molar-refractivity contribution in [2.24, 2.45) is 0 Å². The molecule has 0 unspecified atom stereocenters. The summed E-state index contributed by atoms with van der Waals surface area (Å²) >= 11 is 0.